The quantitative estimate of drug-likeness (QED) is 0.508. The van der Waals surface area contributed by atoms with Crippen LogP contribution in [0.2, 0.25) is 5.02 Å². The van der Waals surface area contributed by atoms with Crippen LogP contribution in [-0.2, 0) is 9.59 Å². The summed E-state index contributed by atoms with van der Waals surface area (Å²) in [6, 6.07) is 18.8. The molecule has 1 N–H and O–H groups in total. The molecule has 0 unspecified atom stereocenters. The molecular formula is C25H21ClN2O5. The van der Waals surface area contributed by atoms with E-state index in [1.807, 2.05) is 0 Å². The van der Waals surface area contributed by atoms with E-state index in [-0.39, 0.29) is 11.3 Å². The second-order valence-corrected chi connectivity index (χ2v) is 7.47. The molecule has 8 heteroatoms. The van der Waals surface area contributed by atoms with Gasteiger partial charge < -0.3 is 19.5 Å². The first kappa shape index (κ1) is 22.2. The fraction of sp³-hybridized carbons (Fsp3) is 0.120. The number of hydrogen-bond donors (Lipinski definition) is 1. The lowest BCUT2D eigenvalue weighted by Gasteiger charge is -2.18. The van der Waals surface area contributed by atoms with Gasteiger partial charge in [-0.15, -0.1) is 0 Å². The number of amides is 2. The smallest absolute Gasteiger partial charge is 0.282 e. The topological polar surface area (TPSA) is 77.1 Å². The maximum atomic E-state index is 13.7. The molecule has 0 aliphatic carbocycles. The summed E-state index contributed by atoms with van der Waals surface area (Å²) in [6.45, 7) is 0. The van der Waals surface area contributed by atoms with Crippen molar-refractivity contribution in [2.24, 2.45) is 0 Å². The van der Waals surface area contributed by atoms with E-state index in [4.69, 9.17) is 25.8 Å². The summed E-state index contributed by atoms with van der Waals surface area (Å²) < 4.78 is 16.3. The van der Waals surface area contributed by atoms with Crippen molar-refractivity contribution in [2.75, 3.05) is 31.5 Å². The van der Waals surface area contributed by atoms with E-state index in [1.54, 1.807) is 66.7 Å². The molecule has 1 aliphatic heterocycles. The Bertz CT molecular complexity index is 1270. The van der Waals surface area contributed by atoms with E-state index in [2.05, 4.69) is 5.32 Å². The van der Waals surface area contributed by atoms with Gasteiger partial charge in [0.1, 0.15) is 22.9 Å². The number of halogens is 1. The van der Waals surface area contributed by atoms with E-state index >= 15 is 0 Å². The summed E-state index contributed by atoms with van der Waals surface area (Å²) >= 11 is 6.18. The zero-order valence-electron chi connectivity index (χ0n) is 18.2. The number of hydrogen-bond acceptors (Lipinski definition) is 6. The fourth-order valence-electron chi connectivity index (χ4n) is 3.69. The largest absolute Gasteiger partial charge is 0.496 e. The summed E-state index contributed by atoms with van der Waals surface area (Å²) in [6.07, 6.45) is 0. The molecule has 0 saturated carbocycles. The van der Waals surface area contributed by atoms with E-state index in [0.717, 1.165) is 4.90 Å². The van der Waals surface area contributed by atoms with Crippen molar-refractivity contribution in [1.29, 1.82) is 0 Å². The number of anilines is 2. The van der Waals surface area contributed by atoms with Crippen molar-refractivity contribution in [2.45, 2.75) is 0 Å². The van der Waals surface area contributed by atoms with Gasteiger partial charge in [0.25, 0.3) is 11.8 Å². The highest BCUT2D eigenvalue weighted by Gasteiger charge is 2.42. The molecule has 0 saturated heterocycles. The Morgan fingerprint density at radius 2 is 1.39 bits per heavy atom. The zero-order chi connectivity index (χ0) is 23.5. The van der Waals surface area contributed by atoms with Gasteiger partial charge in [-0.3, -0.25) is 9.59 Å². The molecule has 1 aliphatic rings. The van der Waals surface area contributed by atoms with E-state index in [0.29, 0.717) is 39.2 Å². The highest BCUT2D eigenvalue weighted by atomic mass is 35.5. The van der Waals surface area contributed by atoms with Crippen LogP contribution in [0, 0.1) is 0 Å². The number of ether oxygens (including phenoxy) is 3. The lowest BCUT2D eigenvalue weighted by molar-refractivity contribution is -0.120. The highest BCUT2D eigenvalue weighted by molar-refractivity contribution is 6.46. The third kappa shape index (κ3) is 3.99. The second-order valence-electron chi connectivity index (χ2n) is 7.04. The van der Waals surface area contributed by atoms with Crippen molar-refractivity contribution in [3.05, 3.63) is 83.0 Å². The van der Waals surface area contributed by atoms with Crippen molar-refractivity contribution in [3.8, 4) is 17.2 Å². The fourth-order valence-corrected chi connectivity index (χ4v) is 3.86. The third-order valence-electron chi connectivity index (χ3n) is 5.21. The molecule has 33 heavy (non-hydrogen) atoms. The average Bonchev–Trinajstić information content (AvgIpc) is 3.08. The zero-order valence-corrected chi connectivity index (χ0v) is 19.0. The molecule has 0 aromatic heterocycles. The summed E-state index contributed by atoms with van der Waals surface area (Å²) in [5, 5.41) is 3.52. The molecule has 0 fully saturated rings. The highest BCUT2D eigenvalue weighted by Crippen LogP contribution is 2.41. The van der Waals surface area contributed by atoms with E-state index < -0.39 is 11.8 Å². The number of methoxy groups -OCH3 is 3. The monoisotopic (exact) mass is 464 g/mol. The summed E-state index contributed by atoms with van der Waals surface area (Å²) in [4.78, 5) is 28.5. The Hall–Kier alpha value is -3.97. The molecule has 2 amide bonds. The van der Waals surface area contributed by atoms with E-state index in [1.165, 1.54) is 21.3 Å². The predicted octanol–water partition coefficient (Wildman–Crippen LogP) is 4.76. The standard InChI is InChI=1S/C25H21ClN2O5/c1-31-19-10-6-4-8-16(19)22-23(27-17-14-15(26)12-13-20(17)32-2)25(30)28(24(22)29)18-9-5-7-11-21(18)33-3/h4-14,27H,1-3H3. The number of imide groups is 1. The molecular weight excluding hydrogens is 444 g/mol. The Balaban J connectivity index is 1.91. The molecule has 4 rings (SSSR count). The minimum atomic E-state index is -0.549. The van der Waals surface area contributed by atoms with Crippen LogP contribution < -0.4 is 24.4 Å². The summed E-state index contributed by atoms with van der Waals surface area (Å²) in [5.74, 6) is 0.236. The van der Waals surface area contributed by atoms with Crippen LogP contribution >= 0.6 is 11.6 Å². The Morgan fingerprint density at radius 1 is 0.758 bits per heavy atom. The van der Waals surface area contributed by atoms with Gasteiger partial charge in [-0.1, -0.05) is 41.9 Å². The first-order valence-electron chi connectivity index (χ1n) is 10.00. The maximum Gasteiger partial charge on any atom is 0.282 e. The Kier molecular flexibility index (Phi) is 6.24. The molecule has 0 radical (unpaired) electrons. The van der Waals surface area contributed by atoms with Gasteiger partial charge in [-0.25, -0.2) is 4.90 Å². The van der Waals surface area contributed by atoms with Crippen LogP contribution in [0.25, 0.3) is 5.57 Å². The molecule has 0 atom stereocenters. The number of para-hydroxylation sites is 3. The number of benzene rings is 3. The molecule has 0 bridgehead atoms. The van der Waals surface area contributed by atoms with Crippen LogP contribution in [0.1, 0.15) is 5.56 Å². The van der Waals surface area contributed by atoms with Gasteiger partial charge in [0.15, 0.2) is 0 Å². The van der Waals surface area contributed by atoms with Gasteiger partial charge >= 0.3 is 0 Å². The summed E-state index contributed by atoms with van der Waals surface area (Å²) in [5.41, 5.74) is 1.47. The molecule has 7 nitrogen and oxygen atoms in total. The van der Waals surface area contributed by atoms with Crippen molar-refractivity contribution in [1.82, 2.24) is 0 Å². The molecule has 0 spiro atoms. The number of rotatable bonds is 7. The van der Waals surface area contributed by atoms with Crippen LogP contribution in [0.5, 0.6) is 17.2 Å². The predicted molar refractivity (Wildman–Crippen MR) is 127 cm³/mol. The van der Waals surface area contributed by atoms with Crippen molar-refractivity contribution < 1.29 is 23.8 Å². The van der Waals surface area contributed by atoms with Crippen LogP contribution in [0.4, 0.5) is 11.4 Å². The number of nitrogens with zero attached hydrogens (tertiary/aromatic N) is 1. The van der Waals surface area contributed by atoms with Gasteiger partial charge in [-0.2, -0.15) is 0 Å². The van der Waals surface area contributed by atoms with Gasteiger partial charge in [0, 0.05) is 10.6 Å². The first-order valence-corrected chi connectivity index (χ1v) is 10.4. The number of nitrogens with one attached hydrogen (secondary N) is 1. The third-order valence-corrected chi connectivity index (χ3v) is 5.44. The lowest BCUT2D eigenvalue weighted by atomic mass is 10.0. The minimum absolute atomic E-state index is 0.0657. The Labute approximate surface area is 196 Å². The van der Waals surface area contributed by atoms with E-state index in [9.17, 15) is 9.59 Å². The molecule has 168 valence electrons. The van der Waals surface area contributed by atoms with Crippen LogP contribution in [-0.4, -0.2) is 33.1 Å². The summed E-state index contributed by atoms with van der Waals surface area (Å²) in [7, 11) is 4.49. The Morgan fingerprint density at radius 3 is 2.09 bits per heavy atom. The maximum absolute atomic E-state index is 13.7. The first-order chi connectivity index (χ1) is 16.0. The van der Waals surface area contributed by atoms with Crippen LogP contribution in [0.15, 0.2) is 72.4 Å². The minimum Gasteiger partial charge on any atom is -0.496 e. The second kappa shape index (κ2) is 9.26. The van der Waals surface area contributed by atoms with Gasteiger partial charge in [0.05, 0.1) is 38.3 Å². The number of carbonyl (C=O) groups excluding carboxylic acids is 2. The van der Waals surface area contributed by atoms with Gasteiger partial charge in [0.2, 0.25) is 0 Å². The molecule has 3 aromatic rings. The SMILES string of the molecule is COc1ccc(Cl)cc1NC1=C(c2ccccc2OC)C(=O)N(c2ccccc2OC)C1=O. The van der Waals surface area contributed by atoms with Gasteiger partial charge in [-0.05, 0) is 36.4 Å². The molecule has 1 heterocycles. The molecule has 3 aromatic carbocycles. The average molecular weight is 465 g/mol. The normalized spacial score (nSPS) is 13.4. The lowest BCUT2D eigenvalue weighted by Crippen LogP contribution is -2.32. The van der Waals surface area contributed by atoms with Crippen molar-refractivity contribution in [3.63, 3.8) is 0 Å². The number of carbonyl (C=O) groups is 2. The van der Waals surface area contributed by atoms with Crippen molar-refractivity contribution >= 4 is 40.4 Å². The van der Waals surface area contributed by atoms with Crippen LogP contribution in [0.3, 0.4) is 0 Å².